The summed E-state index contributed by atoms with van der Waals surface area (Å²) in [4.78, 5) is 0. The summed E-state index contributed by atoms with van der Waals surface area (Å²) in [6.45, 7) is 0. The van der Waals surface area contributed by atoms with E-state index in [1.165, 1.54) is 44.9 Å². The summed E-state index contributed by atoms with van der Waals surface area (Å²) in [5.74, 6) is 2.86. The molecule has 3 unspecified atom stereocenters. The normalized spacial score (nSPS) is 40.6. The van der Waals surface area contributed by atoms with Crippen LogP contribution in [0.2, 0.25) is 0 Å². The summed E-state index contributed by atoms with van der Waals surface area (Å²) in [6.07, 6.45) is 16.1. The molecule has 1 heteroatoms. The number of rotatable bonds is 1. The first kappa shape index (κ1) is 10.9. The van der Waals surface area contributed by atoms with Gasteiger partial charge in [0.2, 0.25) is 0 Å². The molecule has 0 aliphatic heterocycles. The number of hydrogen-bond acceptors (Lipinski definition) is 0. The molecule has 14 heavy (non-hydrogen) atoms. The Bertz CT molecular complexity index is 231. The van der Waals surface area contributed by atoms with Crippen LogP contribution < -0.4 is 0 Å². The van der Waals surface area contributed by atoms with E-state index in [0.717, 1.165) is 17.8 Å². The van der Waals surface area contributed by atoms with Crippen molar-refractivity contribution >= 4 is 0 Å². The van der Waals surface area contributed by atoms with Crippen molar-refractivity contribution in [1.82, 2.24) is 0 Å². The summed E-state index contributed by atoms with van der Waals surface area (Å²) in [6, 6.07) is 0. The smallest absolute Gasteiger partial charge is 0.499 e. The van der Waals surface area contributed by atoms with E-state index in [9.17, 15) is 0 Å². The van der Waals surface area contributed by atoms with E-state index in [-0.39, 0.29) is 20.4 Å². The predicted octanol–water partition coefficient (Wildman–Crippen LogP) is 3.54. The average Bonchev–Trinajstić information content (AvgIpc) is 2.80. The van der Waals surface area contributed by atoms with Crippen LogP contribution in [0.15, 0.2) is 5.57 Å². The van der Waals surface area contributed by atoms with Gasteiger partial charge in [-0.3, -0.25) is 5.57 Å². The molecule has 2 fully saturated rings. The van der Waals surface area contributed by atoms with Crippen LogP contribution in [-0.2, 0) is 20.4 Å². The van der Waals surface area contributed by atoms with Gasteiger partial charge in [-0.05, 0) is 0 Å². The first-order chi connectivity index (χ1) is 6.43. The molecule has 0 aromatic heterocycles. The second-order valence-corrected chi connectivity index (χ2v) is 4.96. The van der Waals surface area contributed by atoms with E-state index in [1.54, 1.807) is 5.57 Å². The minimum absolute atomic E-state index is 0. The van der Waals surface area contributed by atoms with E-state index in [0.29, 0.717) is 0 Å². The summed E-state index contributed by atoms with van der Waals surface area (Å²) in [7, 11) is 0. The Kier molecular flexibility index (Phi) is 3.51. The minimum atomic E-state index is 0. The second-order valence-electron chi connectivity index (χ2n) is 4.96. The van der Waals surface area contributed by atoms with Crippen molar-refractivity contribution < 1.29 is 20.4 Å². The summed E-state index contributed by atoms with van der Waals surface area (Å²) in [5.41, 5.74) is 1.68. The van der Waals surface area contributed by atoms with E-state index < -0.39 is 0 Å². The molecule has 0 heterocycles. The van der Waals surface area contributed by atoms with Crippen LogP contribution in [0, 0.1) is 30.3 Å². The third kappa shape index (κ3) is 1.87. The van der Waals surface area contributed by atoms with Gasteiger partial charge < -0.3 is 12.5 Å². The van der Waals surface area contributed by atoms with Crippen molar-refractivity contribution in [3.8, 4) is 0 Å². The van der Waals surface area contributed by atoms with E-state index in [4.69, 9.17) is 0 Å². The molecule has 2 bridgehead atoms. The molecule has 0 N–H and O–H groups in total. The Hall–Kier alpha value is 0.402. The van der Waals surface area contributed by atoms with Crippen molar-refractivity contribution in [2.45, 2.75) is 44.9 Å². The van der Waals surface area contributed by atoms with Gasteiger partial charge in [-0.2, -0.15) is 18.3 Å². The molecule has 0 aromatic carbocycles. The van der Waals surface area contributed by atoms with Crippen LogP contribution in [0.5, 0.6) is 0 Å². The largest absolute Gasteiger partial charge is 2.00 e. The third-order valence-electron chi connectivity index (χ3n) is 4.13. The zero-order chi connectivity index (χ0) is 8.67. The maximum atomic E-state index is 3.63. The summed E-state index contributed by atoms with van der Waals surface area (Å²) >= 11 is 0. The van der Waals surface area contributed by atoms with Crippen LogP contribution in [0.1, 0.15) is 44.9 Å². The molecule has 0 amide bonds. The fourth-order valence-corrected chi connectivity index (χ4v) is 3.47. The SMILES string of the molecule is [C-]1=C(C2[CH-]C3CCC2C3)CCCC1.[Pd+2]. The van der Waals surface area contributed by atoms with Crippen LogP contribution in [0.25, 0.3) is 0 Å². The summed E-state index contributed by atoms with van der Waals surface area (Å²) < 4.78 is 0. The molecule has 3 aliphatic carbocycles. The van der Waals surface area contributed by atoms with Crippen molar-refractivity contribution in [2.75, 3.05) is 0 Å². The minimum Gasteiger partial charge on any atom is -0.499 e. The standard InChI is InChI=1S/C13H18.Pd/c1-2-4-11(5-3-1)13-9-10-6-7-12(13)8-10;/h9-10,12-13H,1-4,6-8H2;/q-2;+2. The Morgan fingerprint density at radius 3 is 2.71 bits per heavy atom. The van der Waals surface area contributed by atoms with Gasteiger partial charge in [0.05, 0.1) is 0 Å². The van der Waals surface area contributed by atoms with Gasteiger partial charge in [-0.25, -0.2) is 0 Å². The molecule has 0 saturated heterocycles. The van der Waals surface area contributed by atoms with Gasteiger partial charge in [-0.1, -0.05) is 44.4 Å². The second kappa shape index (κ2) is 4.50. The fraction of sp³-hybridized carbons (Fsp3) is 0.769. The number of hydrogen-bond donors (Lipinski definition) is 0. The van der Waals surface area contributed by atoms with Gasteiger partial charge >= 0.3 is 20.4 Å². The van der Waals surface area contributed by atoms with Crippen LogP contribution in [-0.4, -0.2) is 0 Å². The Morgan fingerprint density at radius 1 is 1.21 bits per heavy atom. The topological polar surface area (TPSA) is 0 Å². The third-order valence-corrected chi connectivity index (χ3v) is 4.13. The molecule has 3 aliphatic rings. The molecule has 3 atom stereocenters. The number of fused-ring (bicyclic) bond motifs is 2. The zero-order valence-electron chi connectivity index (χ0n) is 8.58. The molecular formula is C13H18Pd. The van der Waals surface area contributed by atoms with Gasteiger partial charge in [0.15, 0.2) is 0 Å². The maximum absolute atomic E-state index is 3.63. The van der Waals surface area contributed by atoms with Crippen molar-refractivity contribution in [1.29, 1.82) is 0 Å². The van der Waals surface area contributed by atoms with E-state index in [2.05, 4.69) is 12.5 Å². The molecule has 0 aromatic rings. The van der Waals surface area contributed by atoms with Crippen LogP contribution in [0.3, 0.4) is 0 Å². The average molecular weight is 281 g/mol. The van der Waals surface area contributed by atoms with Crippen molar-refractivity contribution in [2.24, 2.45) is 17.8 Å². The Labute approximate surface area is 101 Å². The van der Waals surface area contributed by atoms with E-state index in [1.807, 2.05) is 0 Å². The van der Waals surface area contributed by atoms with Crippen LogP contribution in [0.4, 0.5) is 0 Å². The molecule has 80 valence electrons. The Balaban J connectivity index is 0.000000750. The number of allylic oxidation sites excluding steroid dienone is 2. The van der Waals surface area contributed by atoms with E-state index >= 15 is 0 Å². The van der Waals surface area contributed by atoms with Crippen molar-refractivity contribution in [3.63, 3.8) is 0 Å². The molecule has 0 spiro atoms. The monoisotopic (exact) mass is 280 g/mol. The van der Waals surface area contributed by atoms with Gasteiger partial charge in [0, 0.05) is 0 Å². The van der Waals surface area contributed by atoms with Gasteiger partial charge in [-0.15, -0.1) is 0 Å². The fourth-order valence-electron chi connectivity index (χ4n) is 3.47. The first-order valence-corrected chi connectivity index (χ1v) is 5.88. The molecule has 3 rings (SSSR count). The molecule has 0 nitrogen and oxygen atoms in total. The first-order valence-electron chi connectivity index (χ1n) is 5.88. The predicted molar refractivity (Wildman–Crippen MR) is 53.8 cm³/mol. The van der Waals surface area contributed by atoms with Gasteiger partial charge in [0.25, 0.3) is 0 Å². The zero-order valence-corrected chi connectivity index (χ0v) is 10.1. The summed E-state index contributed by atoms with van der Waals surface area (Å²) in [5, 5.41) is 0. The quantitative estimate of drug-likeness (QED) is 0.509. The Morgan fingerprint density at radius 2 is 2.14 bits per heavy atom. The van der Waals surface area contributed by atoms with Gasteiger partial charge in [0.1, 0.15) is 0 Å². The maximum Gasteiger partial charge on any atom is 2.00 e. The molecule has 0 radical (unpaired) electrons. The van der Waals surface area contributed by atoms with Crippen molar-refractivity contribution in [3.05, 3.63) is 18.1 Å². The van der Waals surface area contributed by atoms with Crippen LogP contribution >= 0.6 is 0 Å². The molecular weight excluding hydrogens is 263 g/mol. The molecule has 2 saturated carbocycles.